The summed E-state index contributed by atoms with van der Waals surface area (Å²) in [5.74, 6) is 1.45. The van der Waals surface area contributed by atoms with Gasteiger partial charge in [-0.2, -0.15) is 5.10 Å². The number of carbonyl (C=O) groups is 1. The van der Waals surface area contributed by atoms with Crippen molar-refractivity contribution in [3.05, 3.63) is 36.2 Å². The summed E-state index contributed by atoms with van der Waals surface area (Å²) in [6.07, 6.45) is 2.56. The molecule has 7 heteroatoms. The highest BCUT2D eigenvalue weighted by Gasteiger charge is 2.35. The lowest BCUT2D eigenvalue weighted by Gasteiger charge is -2.24. The maximum atomic E-state index is 12.9. The smallest absolute Gasteiger partial charge is 0.244 e. The Morgan fingerprint density at radius 3 is 2.48 bits per heavy atom. The number of benzene rings is 1. The van der Waals surface area contributed by atoms with Crippen LogP contribution in [0.5, 0.6) is 11.5 Å². The number of hydrogen-bond acceptors (Lipinski definition) is 5. The topological polar surface area (TPSA) is 59.8 Å². The van der Waals surface area contributed by atoms with Crippen LogP contribution in [0.4, 0.5) is 5.69 Å². The molecule has 2 heterocycles. The number of likely N-dealkylation sites (N-methyl/N-ethyl adjacent to an activating group) is 1. The summed E-state index contributed by atoms with van der Waals surface area (Å²) in [5.41, 5.74) is 1.88. The summed E-state index contributed by atoms with van der Waals surface area (Å²) >= 11 is 0. The van der Waals surface area contributed by atoms with Crippen molar-refractivity contribution >= 4 is 11.6 Å². The van der Waals surface area contributed by atoms with Crippen LogP contribution in [0.15, 0.2) is 30.5 Å². The Bertz CT molecular complexity index is 736. The number of hydrogen-bond donors (Lipinski definition) is 0. The van der Waals surface area contributed by atoms with Crippen molar-refractivity contribution in [1.82, 2.24) is 14.7 Å². The number of methoxy groups -OCH3 is 2. The second-order valence-electron chi connectivity index (χ2n) is 6.23. The predicted molar refractivity (Wildman–Crippen MR) is 95.0 cm³/mol. The Kier molecular flexibility index (Phi) is 4.94. The van der Waals surface area contributed by atoms with Gasteiger partial charge in [0.05, 0.1) is 31.6 Å². The number of amides is 1. The third-order valence-corrected chi connectivity index (χ3v) is 4.69. The van der Waals surface area contributed by atoms with E-state index in [0.29, 0.717) is 24.6 Å². The van der Waals surface area contributed by atoms with Crippen LogP contribution >= 0.6 is 0 Å². The molecule has 0 spiro atoms. The number of carbonyl (C=O) groups excluding carboxylic acids is 1. The lowest BCUT2D eigenvalue weighted by Crippen LogP contribution is -2.39. The lowest BCUT2D eigenvalue weighted by molar-refractivity contribution is -0.121. The van der Waals surface area contributed by atoms with Gasteiger partial charge in [-0.25, -0.2) is 0 Å². The summed E-state index contributed by atoms with van der Waals surface area (Å²) < 4.78 is 12.5. The van der Waals surface area contributed by atoms with E-state index in [1.165, 1.54) is 0 Å². The molecule has 0 aliphatic carbocycles. The van der Waals surface area contributed by atoms with Gasteiger partial charge < -0.3 is 14.4 Å². The Morgan fingerprint density at radius 2 is 1.92 bits per heavy atom. The van der Waals surface area contributed by atoms with Gasteiger partial charge in [0, 0.05) is 44.5 Å². The Labute approximate surface area is 147 Å². The standard InChI is InChI=1S/C18H24N4O3/c1-20(12-13-5-7-19-21(13)2)17-6-8-22(18(17)23)14-9-15(24-3)11-16(10-14)25-4/h5,7,9-11,17H,6,8,12H2,1-4H3/t17-/m0/s1. The molecule has 0 radical (unpaired) electrons. The van der Waals surface area contributed by atoms with E-state index in [1.54, 1.807) is 31.4 Å². The Hall–Kier alpha value is -2.54. The van der Waals surface area contributed by atoms with E-state index in [-0.39, 0.29) is 11.9 Å². The third kappa shape index (κ3) is 3.46. The van der Waals surface area contributed by atoms with Crippen molar-refractivity contribution in [3.8, 4) is 11.5 Å². The minimum atomic E-state index is -0.146. The second-order valence-corrected chi connectivity index (χ2v) is 6.23. The fourth-order valence-electron chi connectivity index (χ4n) is 3.20. The van der Waals surface area contributed by atoms with Gasteiger partial charge in [-0.15, -0.1) is 0 Å². The zero-order valence-corrected chi connectivity index (χ0v) is 15.1. The van der Waals surface area contributed by atoms with Crippen molar-refractivity contribution < 1.29 is 14.3 Å². The maximum Gasteiger partial charge on any atom is 0.244 e. The van der Waals surface area contributed by atoms with E-state index in [9.17, 15) is 4.79 Å². The van der Waals surface area contributed by atoms with Crippen LogP contribution in [-0.2, 0) is 18.4 Å². The fraction of sp³-hybridized carbons (Fsp3) is 0.444. The van der Waals surface area contributed by atoms with Gasteiger partial charge >= 0.3 is 0 Å². The Morgan fingerprint density at radius 1 is 1.24 bits per heavy atom. The molecule has 1 saturated heterocycles. The monoisotopic (exact) mass is 344 g/mol. The van der Waals surface area contributed by atoms with Gasteiger partial charge in [0.2, 0.25) is 5.91 Å². The maximum absolute atomic E-state index is 12.9. The molecule has 1 fully saturated rings. The van der Waals surface area contributed by atoms with Gasteiger partial charge in [0.25, 0.3) is 0 Å². The molecule has 1 amide bonds. The van der Waals surface area contributed by atoms with E-state index in [0.717, 1.165) is 17.8 Å². The van der Waals surface area contributed by atoms with Crippen molar-refractivity contribution in [2.75, 3.05) is 32.7 Å². The number of rotatable bonds is 6. The molecular formula is C18H24N4O3. The molecule has 0 N–H and O–H groups in total. The molecular weight excluding hydrogens is 320 g/mol. The van der Waals surface area contributed by atoms with Crippen LogP contribution < -0.4 is 14.4 Å². The molecule has 1 aromatic heterocycles. The highest BCUT2D eigenvalue weighted by atomic mass is 16.5. The number of ether oxygens (including phenoxy) is 2. The molecule has 25 heavy (non-hydrogen) atoms. The van der Waals surface area contributed by atoms with Crippen molar-refractivity contribution in [2.45, 2.75) is 19.0 Å². The average Bonchev–Trinajstić information content (AvgIpc) is 3.20. The van der Waals surface area contributed by atoms with E-state index in [4.69, 9.17) is 9.47 Å². The summed E-state index contributed by atoms with van der Waals surface area (Å²) in [5, 5.41) is 4.18. The molecule has 0 saturated carbocycles. The second kappa shape index (κ2) is 7.14. The number of anilines is 1. The van der Waals surface area contributed by atoms with Crippen LogP contribution in [0, 0.1) is 0 Å². The average molecular weight is 344 g/mol. The van der Waals surface area contributed by atoms with Crippen molar-refractivity contribution in [2.24, 2.45) is 7.05 Å². The zero-order valence-electron chi connectivity index (χ0n) is 15.1. The van der Waals surface area contributed by atoms with Gasteiger partial charge in [-0.1, -0.05) is 0 Å². The van der Waals surface area contributed by atoms with Gasteiger partial charge in [-0.05, 0) is 19.5 Å². The summed E-state index contributed by atoms with van der Waals surface area (Å²) in [4.78, 5) is 16.8. The summed E-state index contributed by atoms with van der Waals surface area (Å²) in [6, 6.07) is 7.36. The SMILES string of the molecule is COc1cc(OC)cc(N2CC[C@H](N(C)Cc3ccnn3C)C2=O)c1. The highest BCUT2D eigenvalue weighted by molar-refractivity contribution is 5.99. The molecule has 3 rings (SSSR count). The highest BCUT2D eigenvalue weighted by Crippen LogP contribution is 2.32. The van der Waals surface area contributed by atoms with Crippen LogP contribution in [0.1, 0.15) is 12.1 Å². The number of aromatic nitrogens is 2. The quantitative estimate of drug-likeness (QED) is 0.798. The molecule has 7 nitrogen and oxygen atoms in total. The largest absolute Gasteiger partial charge is 0.497 e. The molecule has 134 valence electrons. The van der Waals surface area contributed by atoms with Crippen LogP contribution in [0.3, 0.4) is 0 Å². The Balaban J connectivity index is 1.76. The lowest BCUT2D eigenvalue weighted by atomic mass is 10.2. The number of aryl methyl sites for hydroxylation is 1. The first-order valence-electron chi connectivity index (χ1n) is 8.25. The number of nitrogens with zero attached hydrogens (tertiary/aromatic N) is 4. The summed E-state index contributed by atoms with van der Waals surface area (Å²) in [7, 11) is 7.10. The molecule has 1 aliphatic heterocycles. The molecule has 2 aromatic rings. The van der Waals surface area contributed by atoms with Gasteiger partial charge in [0.1, 0.15) is 11.5 Å². The molecule has 1 atom stereocenters. The normalized spacial score (nSPS) is 17.4. The third-order valence-electron chi connectivity index (χ3n) is 4.69. The molecule has 1 aliphatic rings. The minimum absolute atomic E-state index is 0.0972. The molecule has 0 unspecified atom stereocenters. The van der Waals surface area contributed by atoms with E-state index in [1.807, 2.05) is 37.0 Å². The molecule has 1 aromatic carbocycles. The van der Waals surface area contributed by atoms with Crippen molar-refractivity contribution in [1.29, 1.82) is 0 Å². The van der Waals surface area contributed by atoms with Gasteiger partial charge in [-0.3, -0.25) is 14.4 Å². The first-order chi connectivity index (χ1) is 12.0. The first kappa shape index (κ1) is 17.3. The van der Waals surface area contributed by atoms with Crippen LogP contribution in [-0.4, -0.2) is 54.4 Å². The minimum Gasteiger partial charge on any atom is -0.497 e. The first-order valence-corrected chi connectivity index (χ1v) is 8.25. The van der Waals surface area contributed by atoms with E-state index in [2.05, 4.69) is 10.00 Å². The van der Waals surface area contributed by atoms with E-state index < -0.39 is 0 Å². The van der Waals surface area contributed by atoms with Gasteiger partial charge in [0.15, 0.2) is 0 Å². The molecule has 0 bridgehead atoms. The predicted octanol–water partition coefficient (Wildman–Crippen LogP) is 1.67. The van der Waals surface area contributed by atoms with Crippen LogP contribution in [0.2, 0.25) is 0 Å². The summed E-state index contributed by atoms with van der Waals surface area (Å²) in [6.45, 7) is 1.36. The fourth-order valence-corrected chi connectivity index (χ4v) is 3.20. The van der Waals surface area contributed by atoms with Crippen LogP contribution in [0.25, 0.3) is 0 Å². The van der Waals surface area contributed by atoms with E-state index >= 15 is 0 Å². The zero-order chi connectivity index (χ0) is 18.0. The van der Waals surface area contributed by atoms with Crippen molar-refractivity contribution in [3.63, 3.8) is 0 Å².